The number of carbonyl (C=O) groups excluding carboxylic acids is 3. The van der Waals surface area contributed by atoms with Crippen LogP contribution in [-0.2, 0) is 55.8 Å². The summed E-state index contributed by atoms with van der Waals surface area (Å²) in [5.74, 6) is -1.63. The Morgan fingerprint density at radius 3 is 0.978 bits per heavy atom. The number of phosphoric acid groups is 2. The van der Waals surface area contributed by atoms with Gasteiger partial charge in [-0.3, -0.25) is 32.5 Å². The zero-order valence-corrected chi connectivity index (χ0v) is 58.3. The Labute approximate surface area is 551 Å². The summed E-state index contributed by atoms with van der Waals surface area (Å²) in [5.41, 5.74) is 0. The van der Waals surface area contributed by atoms with Crippen LogP contribution in [0.4, 0.5) is 0 Å². The lowest BCUT2D eigenvalue weighted by atomic mass is 10.1. The smallest absolute Gasteiger partial charge is 0.463 e. The Hall–Kier alpha value is -4.05. The summed E-state index contributed by atoms with van der Waals surface area (Å²) in [5, 5.41) is 20.5. The normalized spacial score (nSPS) is 14.9. The van der Waals surface area contributed by atoms with Crippen molar-refractivity contribution in [2.24, 2.45) is 0 Å². The lowest BCUT2D eigenvalue weighted by Gasteiger charge is -2.21. The molecule has 0 spiro atoms. The summed E-state index contributed by atoms with van der Waals surface area (Å²) in [6, 6.07) is 0. The number of ether oxygens (including phenoxy) is 3. The first kappa shape index (κ1) is 87.0. The fourth-order valence-corrected chi connectivity index (χ4v) is 10.4. The molecular weight excluding hydrogens is 1190 g/mol. The maximum Gasteiger partial charge on any atom is 0.472 e. The van der Waals surface area contributed by atoms with Crippen molar-refractivity contribution >= 4 is 33.6 Å². The Morgan fingerprint density at radius 1 is 0.319 bits per heavy atom. The number of esters is 3. The van der Waals surface area contributed by atoms with E-state index in [1.54, 1.807) is 0 Å². The van der Waals surface area contributed by atoms with Gasteiger partial charge in [0.15, 0.2) is 6.10 Å². The molecule has 91 heavy (non-hydrogen) atoms. The van der Waals surface area contributed by atoms with Crippen LogP contribution in [0.25, 0.3) is 0 Å². The molecule has 0 aliphatic rings. The van der Waals surface area contributed by atoms with Gasteiger partial charge in [-0.25, -0.2) is 9.13 Å². The fraction of sp³-hybridized carbons (Fsp3) is 0.685. The molecule has 522 valence electrons. The molecule has 0 bridgehead atoms. The number of rotatable bonds is 65. The van der Waals surface area contributed by atoms with Crippen LogP contribution in [0.15, 0.2) is 122 Å². The second-order valence-electron chi connectivity index (χ2n) is 22.9. The van der Waals surface area contributed by atoms with Crippen molar-refractivity contribution in [3.05, 3.63) is 122 Å². The van der Waals surface area contributed by atoms with Crippen LogP contribution < -0.4 is 0 Å². The lowest BCUT2D eigenvalue weighted by molar-refractivity contribution is -0.161. The molecule has 0 rings (SSSR count). The Balaban J connectivity index is 4.56. The van der Waals surface area contributed by atoms with Gasteiger partial charge >= 0.3 is 33.6 Å². The molecule has 5 unspecified atom stereocenters. The summed E-state index contributed by atoms with van der Waals surface area (Å²) in [6.07, 6.45) is 75.5. The molecule has 4 N–H and O–H groups in total. The highest BCUT2D eigenvalue weighted by atomic mass is 31.2. The number of aliphatic hydroxyl groups excluding tert-OH is 2. The molecule has 0 aromatic heterocycles. The monoisotopic (exact) mass is 1320 g/mol. The molecule has 0 aliphatic carbocycles. The van der Waals surface area contributed by atoms with Crippen molar-refractivity contribution in [1.29, 1.82) is 0 Å². The maximum atomic E-state index is 12.9. The number of allylic oxidation sites excluding steroid dienone is 20. The number of aliphatic hydroxyl groups is 2. The molecule has 16 nitrogen and oxygen atoms in total. The molecular formula is C73H124O16P2. The minimum Gasteiger partial charge on any atom is -0.463 e. The van der Waals surface area contributed by atoms with Crippen LogP contribution in [0, 0.1) is 0 Å². The van der Waals surface area contributed by atoms with Crippen LogP contribution in [0.5, 0.6) is 0 Å². The quantitative estimate of drug-likeness (QED) is 0.0146. The standard InChI is InChI=1S/C73H124O16P2/c1-4-7-10-13-16-19-22-24-26-28-30-31-32-33-34-35-37-39-40-42-45-47-50-53-56-59-71(76)83-62-68(74)63-85-90(79,80)86-64-69(75)65-87-91(81,82)88-67-70(89-73(78)61-58-55-52-49-44-21-18-15-12-9-6-3)66-84-72(77)60-57-54-51-48-46-43-41-38-36-29-27-25-23-20-17-14-11-8-5-2/h8,11,15-20,24-27,30-31,33-34,36,38,43,46,68-70,74-75H,4-7,9-10,12-14,21-23,28-29,32,35,37,39-42,44-45,47-67H2,1-3H3,(H,79,80)(H,81,82)/b11-8-,18-15-,19-16-,20-17-,26-24-,27-25-,31-30-,34-33-,38-36-,46-43-. The van der Waals surface area contributed by atoms with Gasteiger partial charge in [0.05, 0.1) is 26.4 Å². The summed E-state index contributed by atoms with van der Waals surface area (Å²) in [4.78, 5) is 58.3. The van der Waals surface area contributed by atoms with E-state index in [-0.39, 0.29) is 19.3 Å². The first-order valence-corrected chi connectivity index (χ1v) is 37.8. The predicted molar refractivity (Wildman–Crippen MR) is 371 cm³/mol. The number of unbranched alkanes of at least 4 members (excludes halogenated alkanes) is 22. The SMILES string of the molecule is CC/C=C\C/C=C\C/C=C\C/C=C\C/C=C\CCCCCC(=O)OCC(COP(=O)(O)OCC(O)COP(=O)(O)OCC(O)COC(=O)CCCCCCCCCCC/C=C\C/C=C\C/C=C\C/C=C\CCCCC)OC(=O)CCCCCCC/C=C\CCCC. The predicted octanol–water partition coefficient (Wildman–Crippen LogP) is 19.4. The highest BCUT2D eigenvalue weighted by Crippen LogP contribution is 2.45. The van der Waals surface area contributed by atoms with E-state index in [2.05, 4.69) is 142 Å². The molecule has 0 saturated carbocycles. The van der Waals surface area contributed by atoms with Crippen molar-refractivity contribution in [1.82, 2.24) is 0 Å². The third-order valence-corrected chi connectivity index (χ3v) is 16.0. The molecule has 0 saturated heterocycles. The highest BCUT2D eigenvalue weighted by Gasteiger charge is 2.29. The van der Waals surface area contributed by atoms with Crippen LogP contribution in [-0.4, -0.2) is 95.9 Å². The average Bonchev–Trinajstić information content (AvgIpc) is 3.70. The van der Waals surface area contributed by atoms with Crippen molar-refractivity contribution < 1.29 is 75.8 Å². The van der Waals surface area contributed by atoms with Gasteiger partial charge in [0.1, 0.15) is 25.4 Å². The van der Waals surface area contributed by atoms with E-state index in [0.29, 0.717) is 19.3 Å². The minimum atomic E-state index is -4.93. The maximum absolute atomic E-state index is 12.9. The zero-order chi connectivity index (χ0) is 66.7. The van der Waals surface area contributed by atoms with E-state index in [9.17, 15) is 43.5 Å². The molecule has 5 atom stereocenters. The third-order valence-electron chi connectivity index (χ3n) is 14.1. The van der Waals surface area contributed by atoms with Crippen LogP contribution in [0.1, 0.15) is 265 Å². The summed E-state index contributed by atoms with van der Waals surface area (Å²) in [7, 11) is -9.79. The Bertz CT molecular complexity index is 2140. The minimum absolute atomic E-state index is 0.0835. The van der Waals surface area contributed by atoms with Gasteiger partial charge < -0.3 is 34.2 Å². The average molecular weight is 1320 g/mol. The zero-order valence-electron chi connectivity index (χ0n) is 56.5. The van der Waals surface area contributed by atoms with Crippen molar-refractivity contribution in [2.75, 3.05) is 39.6 Å². The van der Waals surface area contributed by atoms with Gasteiger partial charge in [-0.05, 0) is 128 Å². The van der Waals surface area contributed by atoms with E-state index in [1.165, 1.54) is 64.2 Å². The number of phosphoric ester groups is 2. The largest absolute Gasteiger partial charge is 0.472 e. The number of hydrogen-bond donors (Lipinski definition) is 4. The topological polar surface area (TPSA) is 231 Å². The van der Waals surface area contributed by atoms with Crippen LogP contribution in [0.3, 0.4) is 0 Å². The molecule has 0 fully saturated rings. The fourth-order valence-electron chi connectivity index (χ4n) is 8.80. The van der Waals surface area contributed by atoms with Gasteiger partial charge in [-0.15, -0.1) is 0 Å². The van der Waals surface area contributed by atoms with E-state index < -0.39 is 91.5 Å². The van der Waals surface area contributed by atoms with E-state index in [4.69, 9.17) is 32.3 Å². The molecule has 18 heteroatoms. The van der Waals surface area contributed by atoms with Crippen molar-refractivity contribution in [3.8, 4) is 0 Å². The van der Waals surface area contributed by atoms with Gasteiger partial charge in [0, 0.05) is 19.3 Å². The molecule has 0 aromatic rings. The molecule has 0 aliphatic heterocycles. The molecule has 0 amide bonds. The Morgan fingerprint density at radius 2 is 0.593 bits per heavy atom. The Kier molecular flexibility index (Phi) is 63.1. The molecule has 0 radical (unpaired) electrons. The van der Waals surface area contributed by atoms with Gasteiger partial charge in [0.2, 0.25) is 0 Å². The van der Waals surface area contributed by atoms with Gasteiger partial charge in [0.25, 0.3) is 0 Å². The van der Waals surface area contributed by atoms with Gasteiger partial charge in [-0.1, -0.05) is 239 Å². The third kappa shape index (κ3) is 67.2. The lowest BCUT2D eigenvalue weighted by Crippen LogP contribution is -2.30. The summed E-state index contributed by atoms with van der Waals surface area (Å²) < 4.78 is 60.8. The second kappa shape index (κ2) is 66.0. The summed E-state index contributed by atoms with van der Waals surface area (Å²) >= 11 is 0. The van der Waals surface area contributed by atoms with Crippen molar-refractivity contribution in [2.45, 2.75) is 283 Å². The molecule has 0 heterocycles. The highest BCUT2D eigenvalue weighted by molar-refractivity contribution is 7.47. The van der Waals surface area contributed by atoms with Crippen molar-refractivity contribution in [3.63, 3.8) is 0 Å². The van der Waals surface area contributed by atoms with Gasteiger partial charge in [-0.2, -0.15) is 0 Å². The second-order valence-corrected chi connectivity index (χ2v) is 25.8. The first-order chi connectivity index (χ1) is 44.2. The first-order valence-electron chi connectivity index (χ1n) is 34.8. The van der Waals surface area contributed by atoms with Crippen LogP contribution >= 0.6 is 15.6 Å². The van der Waals surface area contributed by atoms with Crippen LogP contribution in [0.2, 0.25) is 0 Å². The summed E-state index contributed by atoms with van der Waals surface area (Å²) in [6.45, 7) is 2.41. The number of carbonyl (C=O) groups is 3. The van der Waals surface area contributed by atoms with E-state index in [1.807, 2.05) is 0 Å². The number of hydrogen-bond acceptors (Lipinski definition) is 14. The van der Waals surface area contributed by atoms with E-state index >= 15 is 0 Å². The molecule has 0 aromatic carbocycles. The van der Waals surface area contributed by atoms with E-state index in [0.717, 1.165) is 141 Å².